The van der Waals surface area contributed by atoms with E-state index in [2.05, 4.69) is 54.6 Å². The van der Waals surface area contributed by atoms with Crippen LogP contribution in [-0.2, 0) is 16.0 Å². The molecule has 1 heterocycles. The molecule has 1 saturated heterocycles. The van der Waals surface area contributed by atoms with Crippen LogP contribution in [0.2, 0.25) is 0 Å². The van der Waals surface area contributed by atoms with Gasteiger partial charge in [-0.15, -0.1) is 24.0 Å². The van der Waals surface area contributed by atoms with Crippen molar-refractivity contribution in [3.63, 3.8) is 0 Å². The Morgan fingerprint density at radius 1 is 1.30 bits per heavy atom. The van der Waals surface area contributed by atoms with Gasteiger partial charge in [0.1, 0.15) is 5.75 Å². The maximum Gasteiger partial charge on any atom is 0.191 e. The number of aryl methyl sites for hydroxylation is 1. The van der Waals surface area contributed by atoms with Crippen LogP contribution in [0.5, 0.6) is 5.75 Å². The van der Waals surface area contributed by atoms with E-state index in [0.717, 1.165) is 56.5 Å². The molecule has 0 saturated carbocycles. The Balaban J connectivity index is 0.00000450. The normalized spacial score (nSPS) is 17.5. The molecule has 30 heavy (non-hydrogen) atoms. The number of nitrogens with zero attached hydrogens (tertiary/aromatic N) is 1. The van der Waals surface area contributed by atoms with Crippen LogP contribution < -0.4 is 15.4 Å². The number of rotatable bonds is 11. The van der Waals surface area contributed by atoms with Crippen LogP contribution in [-0.4, -0.2) is 52.1 Å². The molecule has 2 atom stereocenters. The zero-order valence-corrected chi connectivity index (χ0v) is 21.5. The van der Waals surface area contributed by atoms with E-state index in [-0.39, 0.29) is 30.1 Å². The fourth-order valence-electron chi connectivity index (χ4n) is 3.42. The van der Waals surface area contributed by atoms with Gasteiger partial charge in [-0.25, -0.2) is 0 Å². The highest BCUT2D eigenvalue weighted by molar-refractivity contribution is 14.0. The Morgan fingerprint density at radius 2 is 2.10 bits per heavy atom. The molecule has 172 valence electrons. The molecule has 2 unspecified atom stereocenters. The van der Waals surface area contributed by atoms with Gasteiger partial charge in [0, 0.05) is 44.8 Å². The lowest BCUT2D eigenvalue weighted by molar-refractivity contribution is 0.0258. The quantitative estimate of drug-likeness (QED) is 0.254. The van der Waals surface area contributed by atoms with E-state index in [0.29, 0.717) is 25.0 Å². The zero-order chi connectivity index (χ0) is 21.1. The molecule has 1 aromatic rings. The summed E-state index contributed by atoms with van der Waals surface area (Å²) in [6.45, 7) is 13.1. The van der Waals surface area contributed by atoms with E-state index < -0.39 is 0 Å². The fraction of sp³-hybridized carbons (Fsp3) is 0.696. The second-order valence-corrected chi connectivity index (χ2v) is 8.03. The molecular formula is C23H40IN3O3. The van der Waals surface area contributed by atoms with E-state index in [9.17, 15) is 0 Å². The number of benzene rings is 1. The molecule has 1 fully saturated rings. The summed E-state index contributed by atoms with van der Waals surface area (Å²) < 4.78 is 17.4. The Kier molecular flexibility index (Phi) is 13.4. The first-order chi connectivity index (χ1) is 14.0. The van der Waals surface area contributed by atoms with Crippen LogP contribution >= 0.6 is 24.0 Å². The lowest BCUT2D eigenvalue weighted by Gasteiger charge is -2.21. The third-order valence-electron chi connectivity index (χ3n) is 5.24. The third-order valence-corrected chi connectivity index (χ3v) is 5.24. The summed E-state index contributed by atoms with van der Waals surface area (Å²) in [5, 5.41) is 6.79. The standard InChI is InChI=1S/C23H39N3O3.HI/c1-6-28-21(17(2)3)9-11-25-23(24-5)26-14-20-8-7-18(4)13-22(20)29-16-19-10-12-27-15-19;/h7-8,13,17,19,21H,6,9-12,14-16H2,1-5H3,(H2,24,25,26);1H. The summed E-state index contributed by atoms with van der Waals surface area (Å²) in [5.41, 5.74) is 2.33. The SMILES string of the molecule is CCOC(CCNC(=NC)NCc1ccc(C)cc1OCC1CCOC1)C(C)C.I. The van der Waals surface area contributed by atoms with E-state index in [1.807, 2.05) is 6.92 Å². The van der Waals surface area contributed by atoms with Crippen molar-refractivity contribution in [2.24, 2.45) is 16.8 Å². The molecule has 1 aliphatic heterocycles. The van der Waals surface area contributed by atoms with Gasteiger partial charge in [0.2, 0.25) is 0 Å². The highest BCUT2D eigenvalue weighted by Gasteiger charge is 2.17. The lowest BCUT2D eigenvalue weighted by atomic mass is 10.0. The van der Waals surface area contributed by atoms with Gasteiger partial charge in [-0.1, -0.05) is 26.0 Å². The summed E-state index contributed by atoms with van der Waals surface area (Å²) in [6, 6.07) is 6.35. The van der Waals surface area contributed by atoms with Gasteiger partial charge in [0.15, 0.2) is 5.96 Å². The van der Waals surface area contributed by atoms with Crippen molar-refractivity contribution < 1.29 is 14.2 Å². The first kappa shape index (κ1) is 27.0. The molecule has 6 nitrogen and oxygen atoms in total. The number of ether oxygens (including phenoxy) is 3. The maximum atomic E-state index is 6.14. The fourth-order valence-corrected chi connectivity index (χ4v) is 3.42. The Hall–Kier alpha value is -1.06. The summed E-state index contributed by atoms with van der Waals surface area (Å²) in [7, 11) is 1.80. The van der Waals surface area contributed by atoms with Crippen molar-refractivity contribution in [1.29, 1.82) is 0 Å². The van der Waals surface area contributed by atoms with Crippen LogP contribution in [0.4, 0.5) is 0 Å². The van der Waals surface area contributed by atoms with Gasteiger partial charge < -0.3 is 24.8 Å². The van der Waals surface area contributed by atoms with Gasteiger partial charge in [0.25, 0.3) is 0 Å². The zero-order valence-electron chi connectivity index (χ0n) is 19.2. The lowest BCUT2D eigenvalue weighted by Crippen LogP contribution is -2.39. The number of aliphatic imine (C=N–C) groups is 1. The van der Waals surface area contributed by atoms with Crippen LogP contribution in [0.25, 0.3) is 0 Å². The monoisotopic (exact) mass is 533 g/mol. The van der Waals surface area contributed by atoms with Crippen LogP contribution in [0.15, 0.2) is 23.2 Å². The van der Waals surface area contributed by atoms with Crippen LogP contribution in [0.3, 0.4) is 0 Å². The molecule has 2 rings (SSSR count). The number of halogens is 1. The molecule has 1 aromatic carbocycles. The molecule has 2 N–H and O–H groups in total. The predicted octanol–water partition coefficient (Wildman–Crippen LogP) is 4.14. The molecule has 1 aliphatic rings. The summed E-state index contributed by atoms with van der Waals surface area (Å²) in [4.78, 5) is 4.34. The number of hydrogen-bond donors (Lipinski definition) is 2. The van der Waals surface area contributed by atoms with Crippen molar-refractivity contribution in [3.05, 3.63) is 29.3 Å². The van der Waals surface area contributed by atoms with E-state index in [1.165, 1.54) is 5.56 Å². The van der Waals surface area contributed by atoms with Crippen molar-refractivity contribution in [3.8, 4) is 5.75 Å². The molecule has 0 bridgehead atoms. The van der Waals surface area contributed by atoms with Crippen molar-refractivity contribution in [1.82, 2.24) is 10.6 Å². The number of nitrogens with one attached hydrogen (secondary N) is 2. The molecule has 0 radical (unpaired) electrons. The Morgan fingerprint density at radius 3 is 2.73 bits per heavy atom. The van der Waals surface area contributed by atoms with Gasteiger partial charge in [-0.3, -0.25) is 4.99 Å². The highest BCUT2D eigenvalue weighted by Crippen LogP contribution is 2.22. The molecular weight excluding hydrogens is 493 g/mol. The van der Waals surface area contributed by atoms with Crippen LogP contribution in [0, 0.1) is 18.8 Å². The van der Waals surface area contributed by atoms with Gasteiger partial charge >= 0.3 is 0 Å². The summed E-state index contributed by atoms with van der Waals surface area (Å²) in [5.74, 6) is 2.73. The van der Waals surface area contributed by atoms with E-state index in [4.69, 9.17) is 14.2 Å². The molecule has 0 aromatic heterocycles. The van der Waals surface area contributed by atoms with E-state index >= 15 is 0 Å². The van der Waals surface area contributed by atoms with Gasteiger partial charge in [-0.2, -0.15) is 0 Å². The maximum absolute atomic E-state index is 6.14. The second kappa shape index (κ2) is 14.9. The first-order valence-corrected chi connectivity index (χ1v) is 10.9. The minimum absolute atomic E-state index is 0. The Bertz CT molecular complexity index is 634. The van der Waals surface area contributed by atoms with Crippen molar-refractivity contribution in [2.75, 3.05) is 40.0 Å². The van der Waals surface area contributed by atoms with Crippen molar-refractivity contribution in [2.45, 2.75) is 53.2 Å². The number of hydrogen-bond acceptors (Lipinski definition) is 4. The van der Waals surface area contributed by atoms with Gasteiger partial charge in [0.05, 0.1) is 19.3 Å². The summed E-state index contributed by atoms with van der Waals surface area (Å²) in [6.07, 6.45) is 2.30. The average molecular weight is 533 g/mol. The topological polar surface area (TPSA) is 64.1 Å². The van der Waals surface area contributed by atoms with Gasteiger partial charge in [-0.05, 0) is 44.2 Å². The molecule has 0 aliphatic carbocycles. The highest BCUT2D eigenvalue weighted by atomic mass is 127. The second-order valence-electron chi connectivity index (χ2n) is 8.03. The summed E-state index contributed by atoms with van der Waals surface area (Å²) >= 11 is 0. The van der Waals surface area contributed by atoms with Crippen molar-refractivity contribution >= 4 is 29.9 Å². The number of guanidine groups is 1. The molecule has 0 spiro atoms. The van der Waals surface area contributed by atoms with Crippen LogP contribution in [0.1, 0.15) is 44.7 Å². The largest absolute Gasteiger partial charge is 0.493 e. The average Bonchev–Trinajstić information content (AvgIpc) is 3.22. The van der Waals surface area contributed by atoms with E-state index in [1.54, 1.807) is 7.05 Å². The first-order valence-electron chi connectivity index (χ1n) is 10.9. The molecule has 0 amide bonds. The smallest absolute Gasteiger partial charge is 0.191 e. The molecule has 7 heteroatoms. The predicted molar refractivity (Wildman–Crippen MR) is 134 cm³/mol. The Labute approximate surface area is 199 Å². The third kappa shape index (κ3) is 9.39. The minimum atomic E-state index is 0. The minimum Gasteiger partial charge on any atom is -0.493 e.